The van der Waals surface area contributed by atoms with E-state index in [1.807, 2.05) is 33.3 Å². The molecule has 0 bridgehead atoms. The van der Waals surface area contributed by atoms with Gasteiger partial charge in [-0.25, -0.2) is 0 Å². The van der Waals surface area contributed by atoms with Crippen molar-refractivity contribution in [1.82, 2.24) is 5.32 Å². The normalized spacial score (nSPS) is 14.3. The number of allylic oxidation sites excluding steroid dienone is 11. The van der Waals surface area contributed by atoms with Gasteiger partial charge in [0, 0.05) is 12.8 Å². The minimum atomic E-state index is -4.70. The number of quaternary nitrogens is 1. The average molecular weight is 1020 g/mol. The summed E-state index contributed by atoms with van der Waals surface area (Å²) < 4.78 is 30.2. The van der Waals surface area contributed by atoms with Crippen molar-refractivity contribution in [3.63, 3.8) is 0 Å². The maximum atomic E-state index is 13.5. The van der Waals surface area contributed by atoms with E-state index in [1.54, 1.807) is 0 Å². The molecule has 10 heteroatoms. The van der Waals surface area contributed by atoms with Crippen LogP contribution < -0.4 is 10.2 Å². The van der Waals surface area contributed by atoms with Crippen LogP contribution >= 0.6 is 7.82 Å². The molecule has 0 saturated heterocycles. The second-order valence-corrected chi connectivity index (χ2v) is 22.2. The number of likely N-dealkylation sites (N-methyl/N-ethyl adjacent to an activating group) is 1. The average Bonchev–Trinajstić information content (AvgIpc) is 3.33. The number of nitrogens with zero attached hydrogens (tertiary/aromatic N) is 1. The third kappa shape index (κ3) is 52.1. The van der Waals surface area contributed by atoms with Gasteiger partial charge in [-0.3, -0.25) is 14.2 Å². The van der Waals surface area contributed by atoms with Crippen molar-refractivity contribution in [1.29, 1.82) is 0 Å². The van der Waals surface area contributed by atoms with Crippen LogP contribution in [0.2, 0.25) is 0 Å². The molecule has 0 aliphatic carbocycles. The summed E-state index contributed by atoms with van der Waals surface area (Å²) in [6.45, 7) is 6.70. The Morgan fingerprint density at radius 1 is 0.507 bits per heavy atom. The fraction of sp³-hybridized carbons (Fsp3) is 0.770. The summed E-state index contributed by atoms with van der Waals surface area (Å²) in [5.41, 5.74) is 0. The van der Waals surface area contributed by atoms with Gasteiger partial charge in [0.2, 0.25) is 5.91 Å². The third-order valence-electron chi connectivity index (χ3n) is 12.7. The number of nitrogens with one attached hydrogen (secondary N) is 1. The molecule has 0 heterocycles. The van der Waals surface area contributed by atoms with Crippen molar-refractivity contribution in [2.24, 2.45) is 0 Å². The van der Waals surface area contributed by atoms with E-state index in [0.717, 1.165) is 89.9 Å². The largest absolute Gasteiger partial charge is 0.756 e. The number of ether oxygens (including phenoxy) is 1. The van der Waals surface area contributed by atoms with Crippen LogP contribution in [0.3, 0.4) is 0 Å². The van der Waals surface area contributed by atoms with Crippen LogP contribution in [0.15, 0.2) is 72.9 Å². The molecule has 1 N–H and O–H groups in total. The van der Waals surface area contributed by atoms with Gasteiger partial charge in [-0.15, -0.1) is 0 Å². The molecule has 0 radical (unpaired) electrons. The Kier molecular flexibility index (Phi) is 49.1. The summed E-state index contributed by atoms with van der Waals surface area (Å²) in [6.07, 6.45) is 64.3. The van der Waals surface area contributed by atoms with Crippen LogP contribution in [-0.2, 0) is 27.9 Å². The van der Waals surface area contributed by atoms with Crippen LogP contribution in [0, 0.1) is 0 Å². The van der Waals surface area contributed by atoms with Crippen molar-refractivity contribution in [3.8, 4) is 0 Å². The standard InChI is InChI=1S/C61H111N2O7P/c1-7-10-13-16-19-22-25-28-30-31-32-33-34-35-38-41-44-47-50-53-60(64)62-58(57-69-71(66,67)68-56-55-63(4,5)6)59(52-49-46-43-40-37-27-24-21-18-15-12-9-3)70-61(65)54-51-48-45-42-39-36-29-26-23-20-17-14-11-8-2/h10,13,19,22,28,30,32-33,35,38,49,52,58-59H,7-9,11-12,14-18,20-21,23-27,29,31,34,36-37,39-48,50-51,53-57H2,1-6H3,(H-,62,64,66,67)/b13-10-,22-19-,30-28-,33-32-,38-35-,52-49-. The highest BCUT2D eigenvalue weighted by molar-refractivity contribution is 7.45. The summed E-state index contributed by atoms with van der Waals surface area (Å²) >= 11 is 0. The summed E-state index contributed by atoms with van der Waals surface area (Å²) in [4.78, 5) is 39.9. The van der Waals surface area contributed by atoms with Gasteiger partial charge in [-0.1, -0.05) is 235 Å². The summed E-state index contributed by atoms with van der Waals surface area (Å²) in [6, 6.07) is -0.905. The van der Waals surface area contributed by atoms with Gasteiger partial charge < -0.3 is 28.5 Å². The van der Waals surface area contributed by atoms with E-state index in [-0.39, 0.29) is 31.3 Å². The van der Waals surface area contributed by atoms with E-state index < -0.39 is 26.6 Å². The second kappa shape index (κ2) is 51.0. The molecule has 1 amide bonds. The molecule has 71 heavy (non-hydrogen) atoms. The quantitative estimate of drug-likeness (QED) is 0.0212. The summed E-state index contributed by atoms with van der Waals surface area (Å²) in [5.74, 6) is -0.576. The zero-order valence-corrected chi connectivity index (χ0v) is 47.8. The molecule has 9 nitrogen and oxygen atoms in total. The lowest BCUT2D eigenvalue weighted by Gasteiger charge is -2.30. The van der Waals surface area contributed by atoms with Crippen molar-refractivity contribution in [3.05, 3.63) is 72.9 Å². The highest BCUT2D eigenvalue weighted by atomic mass is 31.2. The molecule has 0 fully saturated rings. The predicted molar refractivity (Wildman–Crippen MR) is 302 cm³/mol. The molecule has 412 valence electrons. The third-order valence-corrected chi connectivity index (χ3v) is 13.6. The van der Waals surface area contributed by atoms with E-state index in [1.165, 1.54) is 122 Å². The lowest BCUT2D eigenvalue weighted by Crippen LogP contribution is -2.47. The Morgan fingerprint density at radius 2 is 0.901 bits per heavy atom. The van der Waals surface area contributed by atoms with Gasteiger partial charge in [0.1, 0.15) is 19.3 Å². The Balaban J connectivity index is 5.38. The molecular formula is C61H111N2O7P. The number of phosphoric ester groups is 1. The monoisotopic (exact) mass is 1010 g/mol. The van der Waals surface area contributed by atoms with Crippen molar-refractivity contribution >= 4 is 19.7 Å². The maximum absolute atomic E-state index is 13.5. The number of rotatable bonds is 52. The fourth-order valence-corrected chi connectivity index (χ4v) is 8.86. The molecule has 0 rings (SSSR count). The van der Waals surface area contributed by atoms with E-state index in [4.69, 9.17) is 13.8 Å². The van der Waals surface area contributed by atoms with Gasteiger partial charge in [-0.05, 0) is 76.7 Å². The van der Waals surface area contributed by atoms with Gasteiger partial charge in [0.25, 0.3) is 7.82 Å². The van der Waals surface area contributed by atoms with Crippen LogP contribution in [0.5, 0.6) is 0 Å². The zero-order chi connectivity index (χ0) is 52.2. The number of carbonyl (C=O) groups is 2. The minimum absolute atomic E-state index is 0.0305. The Morgan fingerprint density at radius 3 is 1.37 bits per heavy atom. The van der Waals surface area contributed by atoms with Crippen LogP contribution in [0.25, 0.3) is 0 Å². The Labute approximate surface area is 438 Å². The number of amides is 1. The first-order valence-corrected chi connectivity index (χ1v) is 30.7. The molecule has 3 unspecified atom stereocenters. The van der Waals surface area contributed by atoms with Gasteiger partial charge in [0.05, 0.1) is 33.8 Å². The van der Waals surface area contributed by atoms with Crippen LogP contribution in [0.1, 0.15) is 252 Å². The molecule has 0 aromatic rings. The lowest BCUT2D eigenvalue weighted by atomic mass is 10.0. The maximum Gasteiger partial charge on any atom is 0.306 e. The number of carbonyl (C=O) groups excluding carboxylic acids is 2. The number of hydrogen-bond donors (Lipinski definition) is 1. The Hall–Kier alpha value is -2.55. The lowest BCUT2D eigenvalue weighted by molar-refractivity contribution is -0.870. The summed E-state index contributed by atoms with van der Waals surface area (Å²) in [5, 5.41) is 3.00. The molecular weight excluding hydrogens is 904 g/mol. The number of hydrogen-bond acceptors (Lipinski definition) is 7. The van der Waals surface area contributed by atoms with Gasteiger partial charge in [0.15, 0.2) is 0 Å². The summed E-state index contributed by atoms with van der Waals surface area (Å²) in [7, 11) is 1.16. The Bertz CT molecular complexity index is 1450. The van der Waals surface area contributed by atoms with Crippen molar-refractivity contribution < 1.29 is 37.3 Å². The molecule has 3 atom stereocenters. The van der Waals surface area contributed by atoms with E-state index >= 15 is 0 Å². The first-order valence-electron chi connectivity index (χ1n) is 29.2. The highest BCUT2D eigenvalue weighted by Gasteiger charge is 2.27. The minimum Gasteiger partial charge on any atom is -0.756 e. The van der Waals surface area contributed by atoms with Crippen LogP contribution in [-0.4, -0.2) is 69.4 Å². The first-order chi connectivity index (χ1) is 34.4. The number of phosphoric acid groups is 1. The topological polar surface area (TPSA) is 114 Å². The van der Waals surface area contributed by atoms with Crippen molar-refractivity contribution in [2.45, 2.75) is 264 Å². The SMILES string of the molecule is CC/C=C\C/C=C\C/C=C\C/C=C\C/C=C\CCCCCC(=O)NC(COP(=O)([O-])OCC[N+](C)(C)C)C(/C=C\CCCCCCCCCCCC)OC(=O)CCCCCCCCCCCCCCCC. The van der Waals surface area contributed by atoms with Gasteiger partial charge >= 0.3 is 5.97 Å². The second-order valence-electron chi connectivity index (χ2n) is 20.8. The number of unbranched alkanes of at least 4 members (excludes halogenated alkanes) is 26. The van der Waals surface area contributed by atoms with E-state index in [9.17, 15) is 19.0 Å². The molecule has 0 saturated carbocycles. The molecule has 0 aliphatic heterocycles. The molecule has 0 spiro atoms. The smallest absolute Gasteiger partial charge is 0.306 e. The predicted octanol–water partition coefficient (Wildman–Crippen LogP) is 17.0. The van der Waals surface area contributed by atoms with E-state index in [2.05, 4.69) is 86.8 Å². The van der Waals surface area contributed by atoms with Crippen LogP contribution in [0.4, 0.5) is 0 Å². The molecule has 0 aromatic heterocycles. The molecule has 0 aliphatic rings. The van der Waals surface area contributed by atoms with Crippen molar-refractivity contribution in [2.75, 3.05) is 40.9 Å². The van der Waals surface area contributed by atoms with Gasteiger partial charge in [-0.2, -0.15) is 0 Å². The first kappa shape index (κ1) is 68.5. The highest BCUT2D eigenvalue weighted by Crippen LogP contribution is 2.38. The fourth-order valence-electron chi connectivity index (χ4n) is 8.14. The molecule has 0 aromatic carbocycles. The zero-order valence-electron chi connectivity index (χ0n) is 46.9. The number of esters is 1. The van der Waals surface area contributed by atoms with E-state index in [0.29, 0.717) is 17.4 Å².